The van der Waals surface area contributed by atoms with Crippen LogP contribution < -0.4 is 5.73 Å². The summed E-state index contributed by atoms with van der Waals surface area (Å²) in [7, 11) is 3.22. The molecule has 3 rings (SSSR count). The molecule has 0 aliphatic heterocycles. The van der Waals surface area contributed by atoms with E-state index in [0.29, 0.717) is 11.4 Å². The molecule has 0 aliphatic rings. The van der Waals surface area contributed by atoms with Crippen LogP contribution >= 0.6 is 0 Å². The van der Waals surface area contributed by atoms with Crippen molar-refractivity contribution in [2.75, 3.05) is 19.8 Å². The van der Waals surface area contributed by atoms with Crippen molar-refractivity contribution in [2.45, 2.75) is 33.4 Å². The second kappa shape index (κ2) is 9.18. The van der Waals surface area contributed by atoms with Crippen molar-refractivity contribution in [3.63, 3.8) is 0 Å². The molecule has 31 heavy (non-hydrogen) atoms. The normalized spacial score (nSPS) is 12.9. The Bertz CT molecular complexity index is 1090. The van der Waals surface area contributed by atoms with Crippen LogP contribution in [0.1, 0.15) is 43.6 Å². The number of H-pyrrole nitrogens is 1. The van der Waals surface area contributed by atoms with E-state index in [2.05, 4.69) is 28.9 Å². The molecule has 0 fully saturated rings. The number of carbonyl (C=O) groups is 1. The molecule has 0 saturated carbocycles. The summed E-state index contributed by atoms with van der Waals surface area (Å²) in [6.45, 7) is 6.95. The molecule has 3 aromatic rings. The van der Waals surface area contributed by atoms with Crippen LogP contribution in [0.3, 0.4) is 0 Å². The van der Waals surface area contributed by atoms with Gasteiger partial charge in [0.05, 0.1) is 5.69 Å². The Morgan fingerprint density at radius 3 is 2.74 bits per heavy atom. The molecule has 0 aliphatic carbocycles. The van der Waals surface area contributed by atoms with Crippen LogP contribution in [0, 0.1) is 5.92 Å². The summed E-state index contributed by atoms with van der Waals surface area (Å²) in [5.74, 6) is 0.319. The Kier molecular flexibility index (Phi) is 6.60. The molecular weight excluding hydrogens is 392 g/mol. The number of aromatic nitrogens is 4. The van der Waals surface area contributed by atoms with Gasteiger partial charge in [-0.3, -0.25) is 14.5 Å². The molecule has 0 spiro atoms. The number of aromatic amines is 1. The van der Waals surface area contributed by atoms with Crippen molar-refractivity contribution in [2.24, 2.45) is 5.92 Å². The lowest BCUT2D eigenvalue weighted by atomic mass is 9.92. The molecule has 4 N–H and O–H groups in total. The number of aryl methyl sites for hydroxylation is 1. The molecule has 3 aromatic heterocycles. The topological polar surface area (TPSA) is 113 Å². The van der Waals surface area contributed by atoms with Crippen molar-refractivity contribution in [1.82, 2.24) is 24.6 Å². The first-order chi connectivity index (χ1) is 14.7. The minimum atomic E-state index is -1.26. The number of allylic oxidation sites excluding steroid dienone is 1. The number of aliphatic hydroxyl groups is 1. The zero-order valence-electron chi connectivity index (χ0n) is 18.6. The number of aliphatic hydroxyl groups excluding tert-OH is 1. The first kappa shape index (κ1) is 22.3. The highest BCUT2D eigenvalue weighted by atomic mass is 16.3. The fourth-order valence-corrected chi connectivity index (χ4v) is 3.52. The average Bonchev–Trinajstić information content (AvgIpc) is 3.36. The number of rotatable bonds is 7. The summed E-state index contributed by atoms with van der Waals surface area (Å²) in [5, 5.41) is 14.8. The highest BCUT2D eigenvalue weighted by Gasteiger charge is 2.21. The smallest absolute Gasteiger partial charge is 0.255 e. The van der Waals surface area contributed by atoms with E-state index in [4.69, 9.17) is 5.73 Å². The van der Waals surface area contributed by atoms with Gasteiger partial charge >= 0.3 is 0 Å². The summed E-state index contributed by atoms with van der Waals surface area (Å²) in [5.41, 5.74) is 11.4. The summed E-state index contributed by atoms with van der Waals surface area (Å²) in [6, 6.07) is 3.77. The van der Waals surface area contributed by atoms with Gasteiger partial charge in [0.1, 0.15) is 5.82 Å². The molecule has 8 heteroatoms. The minimum Gasteiger partial charge on any atom is -0.385 e. The predicted octanol–water partition coefficient (Wildman–Crippen LogP) is 3.19. The van der Waals surface area contributed by atoms with E-state index in [1.165, 1.54) is 11.1 Å². The van der Waals surface area contributed by atoms with Gasteiger partial charge in [0.2, 0.25) is 0 Å². The van der Waals surface area contributed by atoms with Crippen LogP contribution in [0.4, 0.5) is 5.82 Å². The Morgan fingerprint density at radius 2 is 2.10 bits per heavy atom. The second-order valence-electron chi connectivity index (χ2n) is 7.96. The van der Waals surface area contributed by atoms with Crippen LogP contribution in [-0.2, 0) is 11.3 Å². The standard InChI is InChI=1S/C23H30N6O2/c1-6-29-20(7-8-27-29)19-13-26-22(24)18(19)10-17(14(2)3)15-9-16(12-25-11-15)21(30)23(31)28(4)5/h7-14,21,26,30H,6,24H2,1-5H3/b17-10+. The molecule has 1 unspecified atom stereocenters. The number of nitrogen functional groups attached to an aromatic ring is 1. The Balaban J connectivity index is 2.08. The van der Waals surface area contributed by atoms with Crippen molar-refractivity contribution in [3.05, 3.63) is 53.6 Å². The van der Waals surface area contributed by atoms with Gasteiger partial charge in [0.25, 0.3) is 5.91 Å². The minimum absolute atomic E-state index is 0.150. The number of hydrogen-bond donors (Lipinski definition) is 3. The van der Waals surface area contributed by atoms with Gasteiger partial charge in [-0.25, -0.2) is 0 Å². The van der Waals surface area contributed by atoms with E-state index in [9.17, 15) is 9.90 Å². The van der Waals surface area contributed by atoms with Gasteiger partial charge in [0, 0.05) is 62.1 Å². The number of pyridine rings is 1. The van der Waals surface area contributed by atoms with Crippen molar-refractivity contribution in [3.8, 4) is 11.3 Å². The van der Waals surface area contributed by atoms with E-state index < -0.39 is 6.10 Å². The predicted molar refractivity (Wildman–Crippen MR) is 123 cm³/mol. The first-order valence-corrected chi connectivity index (χ1v) is 10.3. The maximum Gasteiger partial charge on any atom is 0.255 e. The van der Waals surface area contributed by atoms with E-state index in [0.717, 1.165) is 34.5 Å². The number of amides is 1. The zero-order valence-corrected chi connectivity index (χ0v) is 18.6. The largest absolute Gasteiger partial charge is 0.385 e. The molecule has 0 radical (unpaired) electrons. The van der Waals surface area contributed by atoms with Gasteiger partial charge < -0.3 is 20.7 Å². The molecule has 1 amide bonds. The number of nitrogens with two attached hydrogens (primary N) is 1. The molecule has 164 valence electrons. The Labute approximate surface area is 182 Å². The number of hydrogen-bond acceptors (Lipinski definition) is 5. The fraction of sp³-hybridized carbons (Fsp3) is 0.348. The monoisotopic (exact) mass is 422 g/mol. The maximum atomic E-state index is 12.2. The van der Waals surface area contributed by atoms with Crippen LogP contribution in [-0.4, -0.2) is 49.8 Å². The van der Waals surface area contributed by atoms with E-state index in [-0.39, 0.29) is 11.8 Å². The fourth-order valence-electron chi connectivity index (χ4n) is 3.52. The van der Waals surface area contributed by atoms with Gasteiger partial charge in [-0.2, -0.15) is 5.10 Å². The highest BCUT2D eigenvalue weighted by molar-refractivity contribution is 5.91. The lowest BCUT2D eigenvalue weighted by molar-refractivity contribution is -0.137. The van der Waals surface area contributed by atoms with E-state index >= 15 is 0 Å². The average molecular weight is 423 g/mol. The van der Waals surface area contributed by atoms with Crippen molar-refractivity contribution >= 4 is 23.4 Å². The van der Waals surface area contributed by atoms with Gasteiger partial charge in [-0.15, -0.1) is 0 Å². The van der Waals surface area contributed by atoms with Gasteiger partial charge in [-0.1, -0.05) is 13.8 Å². The first-order valence-electron chi connectivity index (χ1n) is 10.3. The molecule has 3 heterocycles. The summed E-state index contributed by atoms with van der Waals surface area (Å²) in [4.78, 5) is 21.0. The van der Waals surface area contributed by atoms with Gasteiger partial charge in [-0.05, 0) is 42.2 Å². The second-order valence-corrected chi connectivity index (χ2v) is 7.96. The summed E-state index contributed by atoms with van der Waals surface area (Å²) in [6.07, 6.45) is 7.69. The summed E-state index contributed by atoms with van der Waals surface area (Å²) < 4.78 is 1.92. The lowest BCUT2D eigenvalue weighted by Gasteiger charge is -2.18. The number of nitrogens with zero attached hydrogens (tertiary/aromatic N) is 4. The Hall–Kier alpha value is -3.39. The highest BCUT2D eigenvalue weighted by Crippen LogP contribution is 2.34. The van der Waals surface area contributed by atoms with Gasteiger partial charge in [0.15, 0.2) is 6.10 Å². The van der Waals surface area contributed by atoms with Crippen molar-refractivity contribution < 1.29 is 9.90 Å². The van der Waals surface area contributed by atoms with Crippen molar-refractivity contribution in [1.29, 1.82) is 0 Å². The maximum absolute atomic E-state index is 12.2. The van der Waals surface area contributed by atoms with Crippen LogP contribution in [0.5, 0.6) is 0 Å². The van der Waals surface area contributed by atoms with Crippen LogP contribution in [0.2, 0.25) is 0 Å². The summed E-state index contributed by atoms with van der Waals surface area (Å²) >= 11 is 0. The van der Waals surface area contributed by atoms with E-state index in [1.807, 2.05) is 36.0 Å². The number of carbonyl (C=O) groups excluding carboxylic acids is 1. The Morgan fingerprint density at radius 1 is 1.35 bits per heavy atom. The zero-order chi connectivity index (χ0) is 22.7. The SMILES string of the molecule is CCn1nccc1-c1c[nH]c(N)c1/C=C(/c1cncc(C(O)C(=O)N(C)C)c1)C(C)C. The third-order valence-corrected chi connectivity index (χ3v) is 5.25. The molecule has 1 atom stereocenters. The number of anilines is 1. The third-order valence-electron chi connectivity index (χ3n) is 5.25. The number of likely N-dealkylation sites (N-methyl/N-ethyl adjacent to an activating group) is 1. The quantitative estimate of drug-likeness (QED) is 0.541. The lowest BCUT2D eigenvalue weighted by Crippen LogP contribution is -2.28. The number of nitrogens with one attached hydrogen (secondary N) is 1. The third kappa shape index (κ3) is 4.54. The van der Waals surface area contributed by atoms with E-state index in [1.54, 1.807) is 26.5 Å². The molecule has 0 saturated heterocycles. The molecule has 0 aromatic carbocycles. The van der Waals surface area contributed by atoms with Crippen LogP contribution in [0.25, 0.3) is 22.9 Å². The van der Waals surface area contributed by atoms with Crippen LogP contribution in [0.15, 0.2) is 36.9 Å². The molecular formula is C23H30N6O2. The molecule has 8 nitrogen and oxygen atoms in total. The molecule has 0 bridgehead atoms.